The van der Waals surface area contributed by atoms with Crippen molar-refractivity contribution >= 4 is 41.4 Å². The lowest BCUT2D eigenvalue weighted by Crippen LogP contribution is -2.57. The minimum Gasteiger partial charge on any atom is -0.480 e. The molecule has 0 aliphatic carbocycles. The second-order valence-electron chi connectivity index (χ2n) is 6.58. The van der Waals surface area contributed by atoms with Crippen molar-refractivity contribution in [3.63, 3.8) is 0 Å². The van der Waals surface area contributed by atoms with E-state index in [1.165, 1.54) is 16.7 Å². The molecule has 2 aliphatic heterocycles. The smallest absolute Gasteiger partial charge is 0.352 e. The van der Waals surface area contributed by atoms with E-state index in [0.717, 1.165) is 42.3 Å². The van der Waals surface area contributed by atoms with E-state index in [-0.39, 0.29) is 39.8 Å². The van der Waals surface area contributed by atoms with Gasteiger partial charge < -0.3 is 15.5 Å². The van der Waals surface area contributed by atoms with Crippen LogP contribution in [0.4, 0.5) is 0 Å². The van der Waals surface area contributed by atoms with E-state index in [1.54, 1.807) is 0 Å². The Morgan fingerprint density at radius 2 is 2.14 bits per heavy atom. The molecule has 3 rings (SSSR count). The first-order chi connectivity index (χ1) is 13.9. The molecular weight excluding hydrogens is 420 g/mol. The predicted octanol–water partition coefficient (Wildman–Crippen LogP) is 0.600. The van der Waals surface area contributed by atoms with Crippen molar-refractivity contribution in [1.29, 1.82) is 0 Å². The minimum atomic E-state index is -1.15. The molecule has 3 heterocycles. The molecule has 29 heavy (non-hydrogen) atoms. The maximum atomic E-state index is 12.0. The molecule has 0 saturated carbocycles. The van der Waals surface area contributed by atoms with Crippen molar-refractivity contribution in [2.45, 2.75) is 55.1 Å². The van der Waals surface area contributed by atoms with Crippen LogP contribution in [0.2, 0.25) is 0 Å². The second kappa shape index (κ2) is 9.59. The molecule has 11 nitrogen and oxygen atoms in total. The average molecular weight is 443 g/mol. The fraction of sp³-hybridized carbons (Fsp3) is 0.625. The fourth-order valence-electron chi connectivity index (χ4n) is 3.12. The number of nitrogens with one attached hydrogen (secondary N) is 1. The van der Waals surface area contributed by atoms with E-state index in [4.69, 9.17) is 5.11 Å². The zero-order valence-corrected chi connectivity index (χ0v) is 17.4. The number of tetrazole rings is 1. The van der Waals surface area contributed by atoms with Crippen LogP contribution in [0.15, 0.2) is 16.4 Å². The van der Waals surface area contributed by atoms with E-state index in [1.807, 2.05) is 0 Å². The highest BCUT2D eigenvalue weighted by Gasteiger charge is 2.48. The minimum absolute atomic E-state index is 0.00255. The van der Waals surface area contributed by atoms with Gasteiger partial charge in [0, 0.05) is 5.75 Å². The molecule has 1 aromatic rings. The molecule has 0 bridgehead atoms. The van der Waals surface area contributed by atoms with Crippen LogP contribution >= 0.6 is 23.5 Å². The van der Waals surface area contributed by atoms with Crippen LogP contribution in [0.1, 0.15) is 32.6 Å². The number of hydrogen-bond acceptors (Lipinski definition) is 9. The first-order valence-corrected chi connectivity index (χ1v) is 11.1. The van der Waals surface area contributed by atoms with Gasteiger partial charge in [-0.25, -0.2) is 9.48 Å². The molecule has 1 saturated heterocycles. The van der Waals surface area contributed by atoms with E-state index < -0.39 is 11.9 Å². The quantitative estimate of drug-likeness (QED) is 0.251. The van der Waals surface area contributed by atoms with Crippen LogP contribution in [0.5, 0.6) is 0 Å². The number of carboxylic acid groups (broad SMARTS) is 2. The summed E-state index contributed by atoms with van der Waals surface area (Å²) in [6.45, 7) is 2.46. The van der Waals surface area contributed by atoms with E-state index in [9.17, 15) is 19.5 Å². The SMILES string of the molecule is CCCCCNC1S[C@@H]2CC(=O)N2C(C(=O)O)=C1CSc1nnnn1CC(=O)O. The Kier molecular flexibility index (Phi) is 7.14. The first kappa shape index (κ1) is 21.6. The summed E-state index contributed by atoms with van der Waals surface area (Å²) in [6.07, 6.45) is 3.45. The number of fused-ring (bicyclic) bond motifs is 1. The van der Waals surface area contributed by atoms with Gasteiger partial charge in [-0.1, -0.05) is 31.5 Å². The van der Waals surface area contributed by atoms with Crippen LogP contribution in [-0.2, 0) is 20.9 Å². The van der Waals surface area contributed by atoms with Crippen molar-refractivity contribution in [3.05, 3.63) is 11.3 Å². The van der Waals surface area contributed by atoms with Crippen molar-refractivity contribution in [2.75, 3.05) is 12.3 Å². The molecule has 1 fully saturated rings. The highest BCUT2D eigenvalue weighted by atomic mass is 32.2. The number of carbonyl (C=O) groups excluding carboxylic acids is 1. The number of β-lactam (4-membered cyclic amide) rings is 1. The molecule has 2 aliphatic rings. The average Bonchev–Trinajstić information content (AvgIpc) is 3.09. The maximum absolute atomic E-state index is 12.0. The zero-order valence-electron chi connectivity index (χ0n) is 15.8. The van der Waals surface area contributed by atoms with Gasteiger partial charge in [-0.2, -0.15) is 0 Å². The van der Waals surface area contributed by atoms with Gasteiger partial charge in [-0.05, 0) is 29.0 Å². The molecule has 13 heteroatoms. The Bertz CT molecular complexity index is 828. The highest BCUT2D eigenvalue weighted by Crippen LogP contribution is 2.44. The number of amides is 1. The fourth-order valence-corrected chi connectivity index (χ4v) is 5.63. The van der Waals surface area contributed by atoms with Gasteiger partial charge in [0.1, 0.15) is 12.2 Å². The summed E-state index contributed by atoms with van der Waals surface area (Å²) in [5.41, 5.74) is 0.570. The number of carbonyl (C=O) groups is 3. The van der Waals surface area contributed by atoms with Crippen molar-refractivity contribution in [3.8, 4) is 0 Å². The van der Waals surface area contributed by atoms with Gasteiger partial charge in [-0.15, -0.1) is 16.9 Å². The van der Waals surface area contributed by atoms with Gasteiger partial charge in [-0.3, -0.25) is 14.5 Å². The van der Waals surface area contributed by atoms with Gasteiger partial charge >= 0.3 is 11.9 Å². The first-order valence-electron chi connectivity index (χ1n) is 9.20. The Balaban J connectivity index is 1.81. The third-order valence-electron chi connectivity index (χ3n) is 4.51. The Labute approximate surface area is 175 Å². The third kappa shape index (κ3) is 4.90. The Morgan fingerprint density at radius 1 is 1.34 bits per heavy atom. The molecule has 0 spiro atoms. The lowest BCUT2D eigenvalue weighted by Gasteiger charge is -2.46. The second-order valence-corrected chi connectivity index (χ2v) is 8.81. The van der Waals surface area contributed by atoms with Crippen LogP contribution in [0.3, 0.4) is 0 Å². The van der Waals surface area contributed by atoms with Crippen LogP contribution in [0, 0.1) is 0 Å². The maximum Gasteiger partial charge on any atom is 0.352 e. The normalized spacial score (nSPS) is 21.1. The highest BCUT2D eigenvalue weighted by molar-refractivity contribution is 8.01. The van der Waals surface area contributed by atoms with Gasteiger partial charge in [0.05, 0.1) is 17.2 Å². The molecule has 1 unspecified atom stereocenters. The summed E-state index contributed by atoms with van der Waals surface area (Å²) in [7, 11) is 0. The lowest BCUT2D eigenvalue weighted by atomic mass is 10.1. The number of hydrogen-bond donors (Lipinski definition) is 3. The number of rotatable bonds is 11. The molecular formula is C16H22N6O5S2. The van der Waals surface area contributed by atoms with E-state index in [2.05, 4.69) is 27.8 Å². The van der Waals surface area contributed by atoms with Gasteiger partial charge in [0.25, 0.3) is 0 Å². The summed E-state index contributed by atoms with van der Waals surface area (Å²) < 4.78 is 1.14. The molecule has 2 atom stereocenters. The van der Waals surface area contributed by atoms with Crippen molar-refractivity contribution in [2.24, 2.45) is 0 Å². The summed E-state index contributed by atoms with van der Waals surface area (Å²) in [5, 5.41) is 33.0. The molecule has 3 N–H and O–H groups in total. The van der Waals surface area contributed by atoms with Crippen LogP contribution in [-0.4, -0.2) is 76.2 Å². The zero-order chi connectivity index (χ0) is 21.0. The predicted molar refractivity (Wildman–Crippen MR) is 105 cm³/mol. The molecule has 0 radical (unpaired) electrons. The summed E-state index contributed by atoms with van der Waals surface area (Å²) in [4.78, 5) is 36.3. The number of carboxylic acids is 2. The number of aromatic nitrogens is 4. The van der Waals surface area contributed by atoms with Crippen LogP contribution < -0.4 is 5.32 Å². The van der Waals surface area contributed by atoms with Gasteiger partial charge in [0.15, 0.2) is 0 Å². The van der Waals surface area contributed by atoms with E-state index >= 15 is 0 Å². The topological polar surface area (TPSA) is 151 Å². The molecule has 1 amide bonds. The summed E-state index contributed by atoms with van der Waals surface area (Å²) in [5.74, 6) is -2.22. The molecule has 1 aromatic heterocycles. The number of aliphatic carboxylic acids is 2. The lowest BCUT2D eigenvalue weighted by molar-refractivity contribution is -0.146. The largest absolute Gasteiger partial charge is 0.480 e. The molecule has 158 valence electrons. The standard InChI is InChI=1S/C16H22N6O5S2/c1-2-3-4-5-17-14-9(8-28-16-18-19-20-21(16)7-12(24)25)13(15(26)27)22-10(23)6-11(22)29-14/h11,14,17H,2-8H2,1H3,(H,24,25)(H,26,27)/t11-,14?/m1/s1. The number of nitrogens with zero attached hydrogens (tertiary/aromatic N) is 5. The van der Waals surface area contributed by atoms with Crippen LogP contribution in [0.25, 0.3) is 0 Å². The summed E-state index contributed by atoms with van der Waals surface area (Å²) >= 11 is 2.68. The van der Waals surface area contributed by atoms with E-state index in [0.29, 0.717) is 12.0 Å². The number of unbranched alkanes of at least 4 members (excludes halogenated alkanes) is 2. The Hall–Kier alpha value is -2.12. The van der Waals surface area contributed by atoms with Crippen molar-refractivity contribution in [1.82, 2.24) is 30.4 Å². The number of thioether (sulfide) groups is 2. The third-order valence-corrected chi connectivity index (χ3v) is 6.94. The summed E-state index contributed by atoms with van der Waals surface area (Å²) in [6, 6.07) is 0. The van der Waals surface area contributed by atoms with Gasteiger partial charge in [0.2, 0.25) is 11.1 Å². The van der Waals surface area contributed by atoms with Crippen molar-refractivity contribution < 1.29 is 24.6 Å². The monoisotopic (exact) mass is 442 g/mol. The molecule has 0 aromatic carbocycles. The Morgan fingerprint density at radius 3 is 2.79 bits per heavy atom.